The molecule has 1 fully saturated rings. The van der Waals surface area contributed by atoms with Crippen molar-refractivity contribution in [2.75, 3.05) is 6.54 Å². The molecule has 7 nitrogen and oxygen atoms in total. The Labute approximate surface area is 129 Å². The van der Waals surface area contributed by atoms with E-state index in [1.54, 1.807) is 4.68 Å². The van der Waals surface area contributed by atoms with Crippen molar-refractivity contribution in [1.82, 2.24) is 25.1 Å². The minimum absolute atomic E-state index is 0.422. The summed E-state index contributed by atoms with van der Waals surface area (Å²) < 4.78 is 2.52. The third kappa shape index (κ3) is 2.81. The zero-order chi connectivity index (χ0) is 14.8. The Bertz CT molecular complexity index is 660. The molecular weight excluding hydrogens is 338 g/mol. The van der Waals surface area contributed by atoms with Crippen LogP contribution in [-0.2, 0) is 11.3 Å². The number of aromatic nitrogens is 4. The van der Waals surface area contributed by atoms with E-state index >= 15 is 0 Å². The van der Waals surface area contributed by atoms with Crippen LogP contribution in [0.2, 0.25) is 0 Å². The fourth-order valence-electron chi connectivity index (χ4n) is 2.59. The Morgan fingerprint density at radius 3 is 3.00 bits per heavy atom. The minimum Gasteiger partial charge on any atom is -0.480 e. The number of carbonyl (C=O) groups is 1. The van der Waals surface area contributed by atoms with Crippen LogP contribution in [0, 0.1) is 0 Å². The largest absolute Gasteiger partial charge is 0.480 e. The highest BCUT2D eigenvalue weighted by molar-refractivity contribution is 9.10. The standard InChI is InChI=1S/C13H14BrN5O2/c14-9-4-1-2-5-10(9)19-12(15-16-17-19)8-18-7-3-6-11(18)13(20)21/h1-2,4-5,11H,3,6-8H2,(H,20,21)/t11-/m0/s1. The molecule has 2 heterocycles. The quantitative estimate of drug-likeness (QED) is 0.897. The van der Waals surface area contributed by atoms with Crippen molar-refractivity contribution >= 4 is 21.9 Å². The Kier molecular flexibility index (Phi) is 3.98. The average Bonchev–Trinajstić information content (AvgIpc) is 3.09. The SMILES string of the molecule is O=C(O)[C@@H]1CCCN1Cc1nnnn1-c1ccccc1Br. The maximum absolute atomic E-state index is 11.2. The molecule has 8 heteroatoms. The monoisotopic (exact) mass is 351 g/mol. The van der Waals surface area contributed by atoms with Gasteiger partial charge in [0.05, 0.1) is 12.2 Å². The second-order valence-corrected chi connectivity index (χ2v) is 5.78. The lowest BCUT2D eigenvalue weighted by Gasteiger charge is -2.20. The number of carboxylic acid groups (broad SMARTS) is 1. The van der Waals surface area contributed by atoms with Gasteiger partial charge in [0.1, 0.15) is 6.04 Å². The van der Waals surface area contributed by atoms with Crippen LogP contribution in [0.1, 0.15) is 18.7 Å². The maximum atomic E-state index is 11.2. The van der Waals surface area contributed by atoms with E-state index in [1.165, 1.54) is 0 Å². The zero-order valence-corrected chi connectivity index (χ0v) is 12.8. The third-order valence-electron chi connectivity index (χ3n) is 3.61. The first-order valence-electron chi connectivity index (χ1n) is 6.66. The van der Waals surface area contributed by atoms with Crippen LogP contribution < -0.4 is 0 Å². The molecule has 1 saturated heterocycles. The lowest BCUT2D eigenvalue weighted by Crippen LogP contribution is -2.36. The van der Waals surface area contributed by atoms with Crippen molar-refractivity contribution in [3.8, 4) is 5.69 Å². The summed E-state index contributed by atoms with van der Waals surface area (Å²) in [7, 11) is 0. The van der Waals surface area contributed by atoms with Gasteiger partial charge in [0, 0.05) is 4.47 Å². The second-order valence-electron chi connectivity index (χ2n) is 4.93. The van der Waals surface area contributed by atoms with Crippen molar-refractivity contribution in [2.24, 2.45) is 0 Å². The molecule has 0 radical (unpaired) electrons. The predicted octanol–water partition coefficient (Wildman–Crippen LogP) is 1.47. The summed E-state index contributed by atoms with van der Waals surface area (Å²) >= 11 is 3.48. The van der Waals surface area contributed by atoms with E-state index in [-0.39, 0.29) is 0 Å². The van der Waals surface area contributed by atoms with Gasteiger partial charge in [-0.1, -0.05) is 12.1 Å². The molecule has 2 aromatic rings. The van der Waals surface area contributed by atoms with Gasteiger partial charge in [0.2, 0.25) is 0 Å². The van der Waals surface area contributed by atoms with E-state index in [4.69, 9.17) is 0 Å². The van der Waals surface area contributed by atoms with Crippen molar-refractivity contribution in [1.29, 1.82) is 0 Å². The number of nitrogens with zero attached hydrogens (tertiary/aromatic N) is 5. The Morgan fingerprint density at radius 2 is 2.24 bits per heavy atom. The van der Waals surface area contributed by atoms with Crippen LogP contribution in [-0.4, -0.2) is 48.8 Å². The van der Waals surface area contributed by atoms with E-state index in [2.05, 4.69) is 31.5 Å². The molecule has 1 aromatic heterocycles. The first-order chi connectivity index (χ1) is 10.2. The summed E-state index contributed by atoms with van der Waals surface area (Å²) in [6.07, 6.45) is 1.56. The maximum Gasteiger partial charge on any atom is 0.320 e. The summed E-state index contributed by atoms with van der Waals surface area (Å²) in [5, 5.41) is 21.0. The molecule has 0 bridgehead atoms. The molecule has 1 aliphatic rings. The normalized spacial score (nSPS) is 19.0. The number of hydrogen-bond acceptors (Lipinski definition) is 5. The molecule has 3 rings (SSSR count). The van der Waals surface area contributed by atoms with E-state index in [1.807, 2.05) is 29.2 Å². The van der Waals surface area contributed by atoms with Gasteiger partial charge in [0.15, 0.2) is 5.82 Å². The zero-order valence-electron chi connectivity index (χ0n) is 11.2. The molecule has 1 aromatic carbocycles. The number of aliphatic carboxylic acids is 1. The molecule has 0 amide bonds. The van der Waals surface area contributed by atoms with Crippen molar-refractivity contribution < 1.29 is 9.90 Å². The summed E-state index contributed by atoms with van der Waals surface area (Å²) in [4.78, 5) is 13.1. The van der Waals surface area contributed by atoms with Gasteiger partial charge >= 0.3 is 5.97 Å². The van der Waals surface area contributed by atoms with Crippen molar-refractivity contribution in [3.63, 3.8) is 0 Å². The van der Waals surface area contributed by atoms with Gasteiger partial charge < -0.3 is 5.11 Å². The fraction of sp³-hybridized carbons (Fsp3) is 0.385. The van der Waals surface area contributed by atoms with Crippen molar-refractivity contribution in [2.45, 2.75) is 25.4 Å². The first-order valence-corrected chi connectivity index (χ1v) is 7.45. The molecule has 0 spiro atoms. The topological polar surface area (TPSA) is 84.1 Å². The van der Waals surface area contributed by atoms with Crippen LogP contribution in [0.15, 0.2) is 28.7 Å². The third-order valence-corrected chi connectivity index (χ3v) is 4.28. The number of para-hydroxylation sites is 1. The summed E-state index contributed by atoms with van der Waals surface area (Å²) in [6, 6.07) is 7.19. The van der Waals surface area contributed by atoms with Crippen molar-refractivity contribution in [3.05, 3.63) is 34.6 Å². The highest BCUT2D eigenvalue weighted by Crippen LogP contribution is 2.23. The minimum atomic E-state index is -0.785. The van der Waals surface area contributed by atoms with Gasteiger partial charge in [0.25, 0.3) is 0 Å². The number of rotatable bonds is 4. The highest BCUT2D eigenvalue weighted by Gasteiger charge is 2.31. The molecule has 110 valence electrons. The predicted molar refractivity (Wildman–Crippen MR) is 77.9 cm³/mol. The number of likely N-dealkylation sites (tertiary alicyclic amines) is 1. The van der Waals surface area contributed by atoms with Gasteiger partial charge in [-0.3, -0.25) is 9.69 Å². The van der Waals surface area contributed by atoms with Crippen LogP contribution >= 0.6 is 15.9 Å². The van der Waals surface area contributed by atoms with Gasteiger partial charge in [-0.25, -0.2) is 0 Å². The van der Waals surface area contributed by atoms with E-state index in [9.17, 15) is 9.90 Å². The number of benzene rings is 1. The lowest BCUT2D eigenvalue weighted by molar-refractivity contribution is -0.142. The van der Waals surface area contributed by atoms with Crippen LogP contribution in [0.25, 0.3) is 5.69 Å². The molecular formula is C13H14BrN5O2. The summed E-state index contributed by atoms with van der Waals surface area (Å²) in [6.45, 7) is 1.17. The number of tetrazole rings is 1. The lowest BCUT2D eigenvalue weighted by atomic mass is 10.2. The molecule has 0 saturated carbocycles. The smallest absolute Gasteiger partial charge is 0.320 e. The van der Waals surface area contributed by atoms with Crippen LogP contribution in [0.3, 0.4) is 0 Å². The average molecular weight is 352 g/mol. The molecule has 21 heavy (non-hydrogen) atoms. The Balaban J connectivity index is 1.87. The number of hydrogen-bond donors (Lipinski definition) is 1. The molecule has 0 aliphatic carbocycles. The van der Waals surface area contributed by atoms with Gasteiger partial charge in [-0.15, -0.1) is 5.10 Å². The molecule has 0 unspecified atom stereocenters. The van der Waals surface area contributed by atoms with Gasteiger partial charge in [-0.2, -0.15) is 4.68 Å². The summed E-state index contributed by atoms with van der Waals surface area (Å²) in [5.41, 5.74) is 0.837. The van der Waals surface area contributed by atoms with Crippen LogP contribution in [0.4, 0.5) is 0 Å². The van der Waals surface area contributed by atoms with E-state index in [0.717, 1.165) is 23.1 Å². The molecule has 1 aliphatic heterocycles. The Morgan fingerprint density at radius 1 is 1.43 bits per heavy atom. The highest BCUT2D eigenvalue weighted by atomic mass is 79.9. The molecule has 1 atom stereocenters. The second kappa shape index (κ2) is 5.90. The van der Waals surface area contributed by atoms with E-state index < -0.39 is 12.0 Å². The Hall–Kier alpha value is -1.80. The first kappa shape index (κ1) is 14.2. The fourth-order valence-corrected chi connectivity index (χ4v) is 3.04. The van der Waals surface area contributed by atoms with Crippen LogP contribution in [0.5, 0.6) is 0 Å². The summed E-state index contributed by atoms with van der Waals surface area (Å²) in [5.74, 6) is -0.150. The molecule has 1 N–H and O–H groups in total. The number of carboxylic acids is 1. The number of halogens is 1. The van der Waals surface area contributed by atoms with E-state index in [0.29, 0.717) is 18.8 Å². The van der Waals surface area contributed by atoms with Gasteiger partial charge in [-0.05, 0) is 57.9 Å².